The van der Waals surface area contributed by atoms with Gasteiger partial charge in [-0.25, -0.2) is 0 Å². The Balaban J connectivity index is 1.87. The Hall–Kier alpha value is -2.10. The number of fused-ring (bicyclic) bond motifs is 1. The van der Waals surface area contributed by atoms with E-state index >= 15 is 0 Å². The molecule has 0 atom stereocenters. The summed E-state index contributed by atoms with van der Waals surface area (Å²) in [5.74, 6) is 0. The Morgan fingerprint density at radius 2 is 1.79 bits per heavy atom. The monoisotopic (exact) mass is 322 g/mol. The summed E-state index contributed by atoms with van der Waals surface area (Å²) in [5.41, 5.74) is 6.69. The van der Waals surface area contributed by atoms with Gasteiger partial charge in [-0.3, -0.25) is 0 Å². The molecule has 2 aromatic carbocycles. The zero-order valence-corrected chi connectivity index (χ0v) is 14.8. The van der Waals surface area contributed by atoms with Crippen LogP contribution in [-0.2, 0) is 17.8 Å². The maximum absolute atomic E-state index is 5.08. The lowest BCUT2D eigenvalue weighted by Crippen LogP contribution is -2.18. The van der Waals surface area contributed by atoms with Gasteiger partial charge in [0, 0.05) is 43.3 Å². The van der Waals surface area contributed by atoms with Gasteiger partial charge < -0.3 is 14.6 Å². The van der Waals surface area contributed by atoms with E-state index in [0.717, 1.165) is 26.2 Å². The van der Waals surface area contributed by atoms with E-state index in [2.05, 4.69) is 72.3 Å². The molecule has 1 N–H and O–H groups in total. The maximum Gasteiger partial charge on any atom is 0.0587 e. The number of hydrogen-bond acceptors (Lipinski definition) is 2. The minimum Gasteiger partial charge on any atom is -0.383 e. The summed E-state index contributed by atoms with van der Waals surface area (Å²) in [6.45, 7) is 7.86. The van der Waals surface area contributed by atoms with Gasteiger partial charge in [0.15, 0.2) is 0 Å². The molecule has 0 aliphatic carbocycles. The molecular formula is C21H26N2O. The molecule has 3 aromatic rings. The first-order chi connectivity index (χ1) is 11.7. The number of methoxy groups -OCH3 is 1. The number of aromatic nitrogens is 1. The number of nitrogens with one attached hydrogen (secondary N) is 1. The quantitative estimate of drug-likeness (QED) is 0.664. The summed E-state index contributed by atoms with van der Waals surface area (Å²) in [4.78, 5) is 0. The molecular weight excluding hydrogens is 296 g/mol. The fourth-order valence-electron chi connectivity index (χ4n) is 3.18. The molecule has 1 heterocycles. The van der Waals surface area contributed by atoms with E-state index < -0.39 is 0 Å². The lowest BCUT2D eigenvalue weighted by atomic mass is 10.1. The zero-order valence-electron chi connectivity index (χ0n) is 14.8. The molecule has 0 unspecified atom stereocenters. The Morgan fingerprint density at radius 1 is 1.00 bits per heavy atom. The third-order valence-corrected chi connectivity index (χ3v) is 4.70. The maximum atomic E-state index is 5.08. The molecule has 0 saturated carbocycles. The predicted molar refractivity (Wildman–Crippen MR) is 101 cm³/mol. The molecule has 1 aromatic heterocycles. The summed E-state index contributed by atoms with van der Waals surface area (Å²) in [5, 5.41) is 4.77. The standard InChI is InChI=1S/C21H26N2O/c1-16-17(2)23(15-18-7-5-4-6-8-18)21-10-9-19(13-20(16)21)14-22-11-12-24-3/h4-10,13,22H,11-12,14-15H2,1-3H3. The zero-order chi connectivity index (χ0) is 16.9. The Morgan fingerprint density at radius 3 is 2.54 bits per heavy atom. The number of benzene rings is 2. The van der Waals surface area contributed by atoms with Crippen LogP contribution in [0.4, 0.5) is 0 Å². The number of ether oxygens (including phenoxy) is 1. The Labute approximate surface area is 144 Å². The highest BCUT2D eigenvalue weighted by atomic mass is 16.5. The van der Waals surface area contributed by atoms with E-state index in [-0.39, 0.29) is 0 Å². The van der Waals surface area contributed by atoms with Crippen LogP contribution >= 0.6 is 0 Å². The van der Waals surface area contributed by atoms with Crippen LogP contribution in [0.3, 0.4) is 0 Å². The number of nitrogens with zero attached hydrogens (tertiary/aromatic N) is 1. The van der Waals surface area contributed by atoms with Crippen molar-refractivity contribution in [2.24, 2.45) is 0 Å². The molecule has 0 aliphatic heterocycles. The fourth-order valence-corrected chi connectivity index (χ4v) is 3.18. The number of hydrogen-bond donors (Lipinski definition) is 1. The SMILES string of the molecule is COCCNCc1ccc2c(c1)c(C)c(C)n2Cc1ccccc1. The van der Waals surface area contributed by atoms with Gasteiger partial charge in [0.2, 0.25) is 0 Å². The van der Waals surface area contributed by atoms with Crippen molar-refractivity contribution >= 4 is 10.9 Å². The van der Waals surface area contributed by atoms with Crippen LogP contribution in [0.1, 0.15) is 22.4 Å². The van der Waals surface area contributed by atoms with E-state index in [1.807, 2.05) is 0 Å². The van der Waals surface area contributed by atoms with Crippen LogP contribution in [0.2, 0.25) is 0 Å². The lowest BCUT2D eigenvalue weighted by molar-refractivity contribution is 0.199. The van der Waals surface area contributed by atoms with E-state index in [1.165, 1.54) is 33.3 Å². The van der Waals surface area contributed by atoms with Crippen molar-refractivity contribution in [1.29, 1.82) is 0 Å². The average molecular weight is 322 g/mol. The second-order valence-corrected chi connectivity index (χ2v) is 6.30. The van der Waals surface area contributed by atoms with Crippen molar-refractivity contribution in [3.63, 3.8) is 0 Å². The molecule has 3 nitrogen and oxygen atoms in total. The van der Waals surface area contributed by atoms with E-state index in [9.17, 15) is 0 Å². The highest BCUT2D eigenvalue weighted by molar-refractivity contribution is 5.86. The van der Waals surface area contributed by atoms with Crippen LogP contribution in [-0.4, -0.2) is 24.8 Å². The van der Waals surface area contributed by atoms with Crippen molar-refractivity contribution in [2.45, 2.75) is 26.9 Å². The van der Waals surface area contributed by atoms with Crippen molar-refractivity contribution in [1.82, 2.24) is 9.88 Å². The summed E-state index contributed by atoms with van der Waals surface area (Å²) in [6, 6.07) is 17.5. The van der Waals surface area contributed by atoms with Crippen molar-refractivity contribution in [3.8, 4) is 0 Å². The van der Waals surface area contributed by atoms with Gasteiger partial charge in [0.1, 0.15) is 0 Å². The first-order valence-electron chi connectivity index (χ1n) is 8.52. The molecule has 0 aliphatic rings. The second kappa shape index (κ2) is 7.65. The number of rotatable bonds is 7. The molecule has 3 heteroatoms. The summed E-state index contributed by atoms with van der Waals surface area (Å²) >= 11 is 0. The molecule has 0 saturated heterocycles. The average Bonchev–Trinajstić information content (AvgIpc) is 2.84. The van der Waals surface area contributed by atoms with Gasteiger partial charge in [-0.1, -0.05) is 36.4 Å². The third kappa shape index (κ3) is 3.53. The van der Waals surface area contributed by atoms with Crippen molar-refractivity contribution < 1.29 is 4.74 Å². The van der Waals surface area contributed by atoms with Crippen molar-refractivity contribution in [3.05, 3.63) is 70.9 Å². The minimum atomic E-state index is 0.744. The van der Waals surface area contributed by atoms with Gasteiger partial charge in [0.25, 0.3) is 0 Å². The summed E-state index contributed by atoms with van der Waals surface area (Å²) < 4.78 is 7.50. The highest BCUT2D eigenvalue weighted by Gasteiger charge is 2.11. The van der Waals surface area contributed by atoms with E-state index in [1.54, 1.807) is 7.11 Å². The largest absolute Gasteiger partial charge is 0.383 e. The van der Waals surface area contributed by atoms with Crippen LogP contribution in [0.15, 0.2) is 48.5 Å². The van der Waals surface area contributed by atoms with Gasteiger partial charge in [-0.2, -0.15) is 0 Å². The van der Waals surface area contributed by atoms with Gasteiger partial charge in [-0.15, -0.1) is 0 Å². The Bertz CT molecular complexity index is 806. The molecule has 0 bridgehead atoms. The van der Waals surface area contributed by atoms with E-state index in [4.69, 9.17) is 4.74 Å². The molecule has 0 amide bonds. The minimum absolute atomic E-state index is 0.744. The Kier molecular flexibility index (Phi) is 5.34. The normalized spacial score (nSPS) is 11.3. The molecule has 24 heavy (non-hydrogen) atoms. The topological polar surface area (TPSA) is 26.2 Å². The van der Waals surface area contributed by atoms with Crippen LogP contribution < -0.4 is 5.32 Å². The first kappa shape index (κ1) is 16.7. The molecule has 0 fully saturated rings. The van der Waals surface area contributed by atoms with Gasteiger partial charge in [-0.05, 0) is 42.7 Å². The second-order valence-electron chi connectivity index (χ2n) is 6.30. The van der Waals surface area contributed by atoms with Crippen LogP contribution in [0.25, 0.3) is 10.9 Å². The fraction of sp³-hybridized carbons (Fsp3) is 0.333. The highest BCUT2D eigenvalue weighted by Crippen LogP contribution is 2.27. The predicted octanol–water partition coefficient (Wildman–Crippen LogP) is 4.04. The summed E-state index contributed by atoms with van der Waals surface area (Å²) in [6.07, 6.45) is 0. The van der Waals surface area contributed by atoms with Crippen molar-refractivity contribution in [2.75, 3.05) is 20.3 Å². The molecule has 3 rings (SSSR count). The third-order valence-electron chi connectivity index (χ3n) is 4.70. The lowest BCUT2D eigenvalue weighted by Gasteiger charge is -2.09. The van der Waals surface area contributed by atoms with Gasteiger partial charge in [0.05, 0.1) is 6.61 Å². The molecule has 0 spiro atoms. The number of aryl methyl sites for hydroxylation is 1. The van der Waals surface area contributed by atoms with E-state index in [0.29, 0.717) is 0 Å². The first-order valence-corrected chi connectivity index (χ1v) is 8.52. The van der Waals surface area contributed by atoms with Crippen LogP contribution in [0, 0.1) is 13.8 Å². The van der Waals surface area contributed by atoms with Gasteiger partial charge >= 0.3 is 0 Å². The molecule has 126 valence electrons. The summed E-state index contributed by atoms with van der Waals surface area (Å²) in [7, 11) is 1.73. The smallest absolute Gasteiger partial charge is 0.0587 e. The molecule has 0 radical (unpaired) electrons. The van der Waals surface area contributed by atoms with Crippen LogP contribution in [0.5, 0.6) is 0 Å².